The minimum atomic E-state index is -3.55. The van der Waals surface area contributed by atoms with E-state index in [2.05, 4.69) is 36.6 Å². The number of benzene rings is 1. The molecule has 0 saturated heterocycles. The van der Waals surface area contributed by atoms with Crippen LogP contribution in [0.5, 0.6) is 0 Å². The molecule has 1 aromatic rings. The Bertz CT molecular complexity index is 587. The van der Waals surface area contributed by atoms with Crippen LogP contribution in [-0.4, -0.2) is 25.2 Å². The molecule has 106 valence electrons. The number of hydrogen-bond donors (Lipinski definition) is 2. The number of unbranched alkanes of at least 4 members (excludes halogenated alkanes) is 1. The Morgan fingerprint density at radius 3 is 2.53 bits per heavy atom. The van der Waals surface area contributed by atoms with Gasteiger partial charge in [0.2, 0.25) is 10.0 Å². The standard InChI is InChI=1S/C11H13Br2NO4S/c1-2-3-4-19(17,18)14-10-8(11(15)16)5-7(12)6-9(10)13/h5-6,14H,2-4H2,1H3,(H,15,16). The van der Waals surface area contributed by atoms with Crippen molar-refractivity contribution in [2.24, 2.45) is 0 Å². The van der Waals surface area contributed by atoms with Gasteiger partial charge in [-0.2, -0.15) is 0 Å². The summed E-state index contributed by atoms with van der Waals surface area (Å²) in [5.74, 6) is -1.24. The molecule has 0 aromatic heterocycles. The van der Waals surface area contributed by atoms with E-state index in [9.17, 15) is 13.2 Å². The third kappa shape index (κ3) is 4.77. The Hall–Kier alpha value is -0.600. The Kier molecular flexibility index (Phi) is 5.82. The van der Waals surface area contributed by atoms with E-state index in [1.54, 1.807) is 6.07 Å². The van der Waals surface area contributed by atoms with Crippen molar-refractivity contribution < 1.29 is 18.3 Å². The SMILES string of the molecule is CCCCS(=O)(=O)Nc1c(Br)cc(Br)cc1C(=O)O. The average Bonchev–Trinajstić information content (AvgIpc) is 2.29. The van der Waals surface area contributed by atoms with Crippen molar-refractivity contribution >= 4 is 53.5 Å². The number of aromatic carboxylic acids is 1. The van der Waals surface area contributed by atoms with Gasteiger partial charge in [-0.25, -0.2) is 13.2 Å². The monoisotopic (exact) mass is 413 g/mol. The number of nitrogens with one attached hydrogen (secondary N) is 1. The normalized spacial score (nSPS) is 11.3. The van der Waals surface area contributed by atoms with Crippen LogP contribution >= 0.6 is 31.9 Å². The van der Waals surface area contributed by atoms with E-state index in [0.717, 1.165) is 6.42 Å². The molecule has 0 aliphatic carbocycles. The van der Waals surface area contributed by atoms with Gasteiger partial charge in [0.25, 0.3) is 0 Å². The molecule has 1 aromatic carbocycles. The first kappa shape index (κ1) is 16.5. The van der Waals surface area contributed by atoms with Crippen molar-refractivity contribution in [2.75, 3.05) is 10.5 Å². The maximum Gasteiger partial charge on any atom is 0.337 e. The van der Waals surface area contributed by atoms with Gasteiger partial charge in [-0.05, 0) is 34.5 Å². The molecule has 0 aliphatic heterocycles. The molecular weight excluding hydrogens is 402 g/mol. The Balaban J connectivity index is 3.17. The Morgan fingerprint density at radius 1 is 1.37 bits per heavy atom. The zero-order chi connectivity index (χ0) is 14.6. The summed E-state index contributed by atoms with van der Waals surface area (Å²) in [6, 6.07) is 2.94. The predicted octanol–water partition coefficient (Wildman–Crippen LogP) is 3.45. The van der Waals surface area contributed by atoms with Crippen molar-refractivity contribution in [3.05, 3.63) is 26.6 Å². The van der Waals surface area contributed by atoms with Crippen molar-refractivity contribution in [1.29, 1.82) is 0 Å². The third-order valence-electron chi connectivity index (χ3n) is 2.31. The summed E-state index contributed by atoms with van der Waals surface area (Å²) < 4.78 is 26.9. The minimum Gasteiger partial charge on any atom is -0.478 e. The van der Waals surface area contributed by atoms with Gasteiger partial charge in [0.05, 0.1) is 17.0 Å². The molecule has 5 nitrogen and oxygen atoms in total. The van der Waals surface area contributed by atoms with Gasteiger partial charge in [0.1, 0.15) is 0 Å². The molecule has 0 heterocycles. The molecule has 0 radical (unpaired) electrons. The molecule has 2 N–H and O–H groups in total. The molecule has 19 heavy (non-hydrogen) atoms. The molecule has 0 fully saturated rings. The fourth-order valence-electron chi connectivity index (χ4n) is 1.39. The fourth-order valence-corrected chi connectivity index (χ4v) is 4.14. The van der Waals surface area contributed by atoms with E-state index >= 15 is 0 Å². The van der Waals surface area contributed by atoms with Crippen LogP contribution in [0.1, 0.15) is 30.1 Å². The van der Waals surface area contributed by atoms with E-state index in [1.165, 1.54) is 6.07 Å². The van der Waals surface area contributed by atoms with Crippen LogP contribution in [-0.2, 0) is 10.0 Å². The van der Waals surface area contributed by atoms with Gasteiger partial charge < -0.3 is 5.11 Å². The smallest absolute Gasteiger partial charge is 0.337 e. The number of rotatable bonds is 6. The second-order valence-corrected chi connectivity index (χ2v) is 7.50. The second-order valence-electron chi connectivity index (χ2n) is 3.89. The van der Waals surface area contributed by atoms with Crippen LogP contribution < -0.4 is 4.72 Å². The quantitative estimate of drug-likeness (QED) is 0.746. The maximum atomic E-state index is 11.8. The van der Waals surface area contributed by atoms with Crippen LogP contribution in [0.4, 0.5) is 5.69 Å². The molecule has 1 rings (SSSR count). The molecular formula is C11H13Br2NO4S. The molecule has 0 bridgehead atoms. The fraction of sp³-hybridized carbons (Fsp3) is 0.364. The lowest BCUT2D eigenvalue weighted by atomic mass is 10.2. The van der Waals surface area contributed by atoms with E-state index < -0.39 is 16.0 Å². The zero-order valence-corrected chi connectivity index (χ0v) is 14.1. The lowest BCUT2D eigenvalue weighted by molar-refractivity contribution is 0.0698. The number of halogens is 2. The zero-order valence-electron chi connectivity index (χ0n) is 10.1. The molecule has 0 atom stereocenters. The highest BCUT2D eigenvalue weighted by Crippen LogP contribution is 2.31. The molecule has 0 unspecified atom stereocenters. The highest BCUT2D eigenvalue weighted by atomic mass is 79.9. The first-order valence-electron chi connectivity index (χ1n) is 5.49. The van der Waals surface area contributed by atoms with Gasteiger partial charge in [0.15, 0.2) is 0 Å². The van der Waals surface area contributed by atoms with Gasteiger partial charge in [0, 0.05) is 8.95 Å². The van der Waals surface area contributed by atoms with Crippen molar-refractivity contribution in [3.8, 4) is 0 Å². The molecule has 0 amide bonds. The van der Waals surface area contributed by atoms with Crippen LogP contribution in [0.2, 0.25) is 0 Å². The highest BCUT2D eigenvalue weighted by molar-refractivity contribution is 9.11. The summed E-state index contributed by atoms with van der Waals surface area (Å²) in [4.78, 5) is 11.1. The third-order valence-corrected chi connectivity index (χ3v) is 4.73. The number of carboxylic acids is 1. The average molecular weight is 415 g/mol. The second kappa shape index (κ2) is 6.71. The minimum absolute atomic E-state index is 0.0366. The first-order valence-corrected chi connectivity index (χ1v) is 8.73. The van der Waals surface area contributed by atoms with E-state index in [4.69, 9.17) is 5.11 Å². The summed E-state index contributed by atoms with van der Waals surface area (Å²) in [6.45, 7) is 1.88. The summed E-state index contributed by atoms with van der Waals surface area (Å²) in [5, 5.41) is 9.11. The lowest BCUT2D eigenvalue weighted by Crippen LogP contribution is -2.19. The van der Waals surface area contributed by atoms with Gasteiger partial charge >= 0.3 is 5.97 Å². The van der Waals surface area contributed by atoms with Gasteiger partial charge in [-0.3, -0.25) is 4.72 Å². The lowest BCUT2D eigenvalue weighted by Gasteiger charge is -2.12. The van der Waals surface area contributed by atoms with Crippen molar-refractivity contribution in [1.82, 2.24) is 0 Å². The van der Waals surface area contributed by atoms with E-state index in [-0.39, 0.29) is 17.0 Å². The topological polar surface area (TPSA) is 83.5 Å². The largest absolute Gasteiger partial charge is 0.478 e. The molecule has 8 heteroatoms. The predicted molar refractivity (Wildman–Crippen MR) is 81.1 cm³/mol. The summed E-state index contributed by atoms with van der Waals surface area (Å²) in [6.07, 6.45) is 1.26. The number of hydrogen-bond acceptors (Lipinski definition) is 3. The summed E-state index contributed by atoms with van der Waals surface area (Å²) in [5.41, 5.74) is -0.0619. The Morgan fingerprint density at radius 2 is 2.00 bits per heavy atom. The summed E-state index contributed by atoms with van der Waals surface area (Å²) in [7, 11) is -3.55. The van der Waals surface area contributed by atoms with Crippen LogP contribution in [0.15, 0.2) is 21.1 Å². The first-order chi connectivity index (χ1) is 8.76. The Labute approximate surface area is 128 Å². The van der Waals surface area contributed by atoms with Crippen molar-refractivity contribution in [2.45, 2.75) is 19.8 Å². The van der Waals surface area contributed by atoms with Crippen LogP contribution in [0.25, 0.3) is 0 Å². The van der Waals surface area contributed by atoms with Crippen LogP contribution in [0.3, 0.4) is 0 Å². The number of anilines is 1. The molecule has 0 aliphatic rings. The van der Waals surface area contributed by atoms with Gasteiger partial charge in [-0.1, -0.05) is 29.3 Å². The molecule has 0 saturated carbocycles. The number of carbonyl (C=O) groups is 1. The van der Waals surface area contributed by atoms with Crippen molar-refractivity contribution in [3.63, 3.8) is 0 Å². The van der Waals surface area contributed by atoms with E-state index in [1.807, 2.05) is 6.92 Å². The highest BCUT2D eigenvalue weighted by Gasteiger charge is 2.19. The van der Waals surface area contributed by atoms with Crippen LogP contribution in [0, 0.1) is 0 Å². The van der Waals surface area contributed by atoms with E-state index in [0.29, 0.717) is 15.4 Å². The van der Waals surface area contributed by atoms with Gasteiger partial charge in [-0.15, -0.1) is 0 Å². The number of carboxylic acid groups (broad SMARTS) is 1. The molecule has 0 spiro atoms. The summed E-state index contributed by atoms with van der Waals surface area (Å²) >= 11 is 6.33. The maximum absolute atomic E-state index is 11.8. The number of sulfonamides is 1.